The van der Waals surface area contributed by atoms with Crippen molar-refractivity contribution in [2.75, 3.05) is 13.7 Å². The number of methoxy groups -OCH3 is 1. The Labute approximate surface area is 147 Å². The van der Waals surface area contributed by atoms with Crippen molar-refractivity contribution in [2.24, 2.45) is 17.8 Å². The highest BCUT2D eigenvalue weighted by Gasteiger charge is 1.99. The SMILES string of the molecule is COc1ccc(CCNC(N)=NCc2ncn(C)n2)cc1.I. The average molecular weight is 416 g/mol. The number of ether oxygens (including phenoxy) is 1. The van der Waals surface area contributed by atoms with Crippen LogP contribution in [0.1, 0.15) is 11.4 Å². The Morgan fingerprint density at radius 1 is 1.36 bits per heavy atom. The molecule has 0 radical (unpaired) electrons. The Kier molecular flexibility index (Phi) is 7.64. The van der Waals surface area contributed by atoms with E-state index in [1.807, 2.05) is 31.3 Å². The molecule has 7 nitrogen and oxygen atoms in total. The van der Waals surface area contributed by atoms with Gasteiger partial charge in [0.15, 0.2) is 11.8 Å². The molecular weight excluding hydrogens is 395 g/mol. The number of guanidine groups is 1. The molecule has 0 atom stereocenters. The highest BCUT2D eigenvalue weighted by Crippen LogP contribution is 2.11. The van der Waals surface area contributed by atoms with Crippen LogP contribution in [0.15, 0.2) is 35.6 Å². The van der Waals surface area contributed by atoms with Gasteiger partial charge in [-0.25, -0.2) is 9.98 Å². The zero-order chi connectivity index (χ0) is 15.1. The third-order valence-corrected chi connectivity index (χ3v) is 2.92. The van der Waals surface area contributed by atoms with E-state index in [1.165, 1.54) is 5.56 Å². The van der Waals surface area contributed by atoms with Gasteiger partial charge in [0, 0.05) is 13.6 Å². The quantitative estimate of drug-likeness (QED) is 0.418. The van der Waals surface area contributed by atoms with Crippen molar-refractivity contribution in [3.8, 4) is 5.75 Å². The van der Waals surface area contributed by atoms with E-state index in [0.717, 1.165) is 18.7 Å². The molecule has 0 unspecified atom stereocenters. The van der Waals surface area contributed by atoms with Crippen LogP contribution in [-0.2, 0) is 20.0 Å². The molecule has 120 valence electrons. The topological polar surface area (TPSA) is 90.4 Å². The Balaban J connectivity index is 0.00000242. The van der Waals surface area contributed by atoms with E-state index in [4.69, 9.17) is 10.5 Å². The Hall–Kier alpha value is -1.84. The van der Waals surface area contributed by atoms with Gasteiger partial charge in [0.2, 0.25) is 0 Å². The van der Waals surface area contributed by atoms with Crippen LogP contribution in [0.5, 0.6) is 5.75 Å². The van der Waals surface area contributed by atoms with Gasteiger partial charge in [-0.15, -0.1) is 24.0 Å². The van der Waals surface area contributed by atoms with Gasteiger partial charge in [-0.05, 0) is 24.1 Å². The molecule has 0 bridgehead atoms. The fourth-order valence-corrected chi connectivity index (χ4v) is 1.80. The first-order valence-electron chi connectivity index (χ1n) is 6.68. The molecule has 0 aliphatic heterocycles. The number of hydrogen-bond acceptors (Lipinski definition) is 4. The number of nitrogens with zero attached hydrogens (tertiary/aromatic N) is 4. The molecule has 0 saturated heterocycles. The van der Waals surface area contributed by atoms with Crippen molar-refractivity contribution >= 4 is 29.9 Å². The van der Waals surface area contributed by atoms with Crippen molar-refractivity contribution in [3.05, 3.63) is 42.0 Å². The van der Waals surface area contributed by atoms with Gasteiger partial charge in [0.1, 0.15) is 18.6 Å². The zero-order valence-electron chi connectivity index (χ0n) is 12.7. The van der Waals surface area contributed by atoms with E-state index in [-0.39, 0.29) is 24.0 Å². The van der Waals surface area contributed by atoms with Crippen LogP contribution < -0.4 is 15.8 Å². The predicted molar refractivity (Wildman–Crippen MR) is 96.4 cm³/mol. The van der Waals surface area contributed by atoms with Gasteiger partial charge in [-0.1, -0.05) is 12.1 Å². The smallest absolute Gasteiger partial charge is 0.189 e. The fourth-order valence-electron chi connectivity index (χ4n) is 1.80. The molecule has 1 aromatic heterocycles. The second kappa shape index (κ2) is 9.23. The third kappa shape index (κ3) is 5.88. The molecule has 3 N–H and O–H groups in total. The van der Waals surface area contributed by atoms with Crippen molar-refractivity contribution in [3.63, 3.8) is 0 Å². The number of benzene rings is 1. The van der Waals surface area contributed by atoms with E-state index >= 15 is 0 Å². The summed E-state index contributed by atoms with van der Waals surface area (Å²) < 4.78 is 6.76. The maximum Gasteiger partial charge on any atom is 0.189 e. The van der Waals surface area contributed by atoms with Gasteiger partial charge < -0.3 is 15.8 Å². The lowest BCUT2D eigenvalue weighted by molar-refractivity contribution is 0.414. The minimum atomic E-state index is 0. The zero-order valence-corrected chi connectivity index (χ0v) is 15.0. The van der Waals surface area contributed by atoms with Crippen molar-refractivity contribution < 1.29 is 4.74 Å². The first-order chi connectivity index (χ1) is 10.2. The van der Waals surface area contributed by atoms with E-state index in [1.54, 1.807) is 18.1 Å². The second-order valence-corrected chi connectivity index (χ2v) is 4.56. The summed E-state index contributed by atoms with van der Waals surface area (Å²) in [5, 5.41) is 7.20. The summed E-state index contributed by atoms with van der Waals surface area (Å²) in [5.41, 5.74) is 7.01. The third-order valence-electron chi connectivity index (χ3n) is 2.92. The van der Waals surface area contributed by atoms with E-state index in [2.05, 4.69) is 20.4 Å². The summed E-state index contributed by atoms with van der Waals surface area (Å²) >= 11 is 0. The molecule has 0 aliphatic carbocycles. The van der Waals surface area contributed by atoms with Crippen LogP contribution in [-0.4, -0.2) is 34.4 Å². The molecular formula is C14H21IN6O. The molecule has 0 saturated carbocycles. The summed E-state index contributed by atoms with van der Waals surface area (Å²) in [6.07, 6.45) is 2.50. The maximum atomic E-state index is 5.79. The summed E-state index contributed by atoms with van der Waals surface area (Å²) in [4.78, 5) is 8.27. The highest BCUT2D eigenvalue weighted by atomic mass is 127. The van der Waals surface area contributed by atoms with Crippen LogP contribution in [0.25, 0.3) is 0 Å². The Morgan fingerprint density at radius 3 is 2.68 bits per heavy atom. The largest absolute Gasteiger partial charge is 0.497 e. The molecule has 0 fully saturated rings. The Morgan fingerprint density at radius 2 is 2.09 bits per heavy atom. The predicted octanol–water partition coefficient (Wildman–Crippen LogP) is 1.09. The molecule has 0 amide bonds. The molecule has 0 aliphatic rings. The summed E-state index contributed by atoms with van der Waals surface area (Å²) in [6.45, 7) is 1.10. The van der Waals surface area contributed by atoms with Crippen molar-refractivity contribution in [1.82, 2.24) is 20.1 Å². The number of aromatic nitrogens is 3. The van der Waals surface area contributed by atoms with Crippen LogP contribution in [0, 0.1) is 0 Å². The number of aryl methyl sites for hydroxylation is 1. The average Bonchev–Trinajstić information content (AvgIpc) is 2.91. The molecule has 22 heavy (non-hydrogen) atoms. The molecule has 0 spiro atoms. The maximum absolute atomic E-state index is 5.79. The Bertz CT molecular complexity index is 596. The van der Waals surface area contributed by atoms with Crippen LogP contribution >= 0.6 is 24.0 Å². The molecule has 1 aromatic carbocycles. The van der Waals surface area contributed by atoms with Gasteiger partial charge in [-0.3, -0.25) is 4.68 Å². The van der Waals surface area contributed by atoms with Gasteiger partial charge in [-0.2, -0.15) is 5.10 Å². The van der Waals surface area contributed by atoms with Crippen LogP contribution in [0.3, 0.4) is 0 Å². The lowest BCUT2D eigenvalue weighted by Crippen LogP contribution is -2.33. The minimum absolute atomic E-state index is 0. The standard InChI is InChI=1S/C14H20N6O.HI/c1-20-10-18-13(19-20)9-17-14(15)16-8-7-11-3-5-12(21-2)6-4-11;/h3-6,10H,7-9H2,1-2H3,(H3,15,16,17);1H. The van der Waals surface area contributed by atoms with Gasteiger partial charge >= 0.3 is 0 Å². The molecule has 2 rings (SSSR count). The fraction of sp³-hybridized carbons (Fsp3) is 0.357. The number of nitrogens with two attached hydrogens (primary N) is 1. The minimum Gasteiger partial charge on any atom is -0.497 e. The summed E-state index contributed by atoms with van der Waals surface area (Å²) in [5.74, 6) is 1.91. The molecule has 1 heterocycles. The van der Waals surface area contributed by atoms with E-state index in [0.29, 0.717) is 18.3 Å². The van der Waals surface area contributed by atoms with Gasteiger partial charge in [0.25, 0.3) is 0 Å². The summed E-state index contributed by atoms with van der Waals surface area (Å²) in [7, 11) is 3.47. The van der Waals surface area contributed by atoms with Crippen molar-refractivity contribution in [1.29, 1.82) is 0 Å². The number of aliphatic imine (C=N–C) groups is 1. The molecule has 2 aromatic rings. The number of hydrogen-bond donors (Lipinski definition) is 2. The molecule has 8 heteroatoms. The normalized spacial score (nSPS) is 10.9. The van der Waals surface area contributed by atoms with E-state index < -0.39 is 0 Å². The first kappa shape index (κ1) is 18.2. The van der Waals surface area contributed by atoms with Crippen LogP contribution in [0.2, 0.25) is 0 Å². The summed E-state index contributed by atoms with van der Waals surface area (Å²) in [6, 6.07) is 7.95. The first-order valence-corrected chi connectivity index (χ1v) is 6.68. The number of nitrogens with one attached hydrogen (secondary N) is 1. The van der Waals surface area contributed by atoms with E-state index in [9.17, 15) is 0 Å². The lowest BCUT2D eigenvalue weighted by atomic mass is 10.1. The number of rotatable bonds is 6. The van der Waals surface area contributed by atoms with Gasteiger partial charge in [0.05, 0.1) is 7.11 Å². The highest BCUT2D eigenvalue weighted by molar-refractivity contribution is 14.0. The lowest BCUT2D eigenvalue weighted by Gasteiger charge is -2.06. The van der Waals surface area contributed by atoms with Crippen molar-refractivity contribution in [2.45, 2.75) is 13.0 Å². The number of halogens is 1. The monoisotopic (exact) mass is 416 g/mol. The van der Waals surface area contributed by atoms with Crippen LogP contribution in [0.4, 0.5) is 0 Å². The second-order valence-electron chi connectivity index (χ2n) is 4.56.